The number of likely N-dealkylation sites (tertiary alicyclic amines) is 1. The van der Waals surface area contributed by atoms with E-state index in [0.29, 0.717) is 0 Å². The summed E-state index contributed by atoms with van der Waals surface area (Å²) in [6.45, 7) is 6.90. The zero-order valence-corrected chi connectivity index (χ0v) is 12.5. The van der Waals surface area contributed by atoms with Crippen molar-refractivity contribution >= 4 is 16.5 Å². The van der Waals surface area contributed by atoms with Crippen molar-refractivity contribution < 1.29 is 0 Å². The van der Waals surface area contributed by atoms with E-state index < -0.39 is 0 Å². The Morgan fingerprint density at radius 2 is 2.11 bits per heavy atom. The number of rotatable bonds is 3. The van der Waals surface area contributed by atoms with Gasteiger partial charge >= 0.3 is 0 Å². The molecule has 0 amide bonds. The van der Waals surface area contributed by atoms with Crippen LogP contribution in [0, 0.1) is 0 Å². The van der Waals surface area contributed by atoms with E-state index in [-0.39, 0.29) is 6.04 Å². The highest BCUT2D eigenvalue weighted by molar-refractivity contribution is 7.15. The third kappa shape index (κ3) is 2.93. The Balaban J connectivity index is 1.61. The summed E-state index contributed by atoms with van der Waals surface area (Å²) in [5.74, 6) is 0. The van der Waals surface area contributed by atoms with Gasteiger partial charge in [0.05, 0.1) is 0 Å². The maximum Gasteiger partial charge on any atom is 0.185 e. The topological polar surface area (TPSA) is 45.4 Å². The van der Waals surface area contributed by atoms with Crippen molar-refractivity contribution in [2.24, 2.45) is 5.73 Å². The van der Waals surface area contributed by atoms with E-state index in [4.69, 9.17) is 5.73 Å². The van der Waals surface area contributed by atoms with Gasteiger partial charge in [-0.15, -0.1) is 11.3 Å². The fraction of sp³-hybridized carbons (Fsp3) is 0.786. The van der Waals surface area contributed by atoms with Gasteiger partial charge in [0.15, 0.2) is 5.13 Å². The van der Waals surface area contributed by atoms with Gasteiger partial charge in [0, 0.05) is 36.2 Å². The molecule has 106 valence electrons. The Morgan fingerprint density at radius 1 is 1.32 bits per heavy atom. The lowest BCUT2D eigenvalue weighted by atomic mass is 10.1. The first-order chi connectivity index (χ1) is 9.24. The highest BCUT2D eigenvalue weighted by Gasteiger charge is 2.29. The molecule has 2 aliphatic heterocycles. The molecule has 19 heavy (non-hydrogen) atoms. The van der Waals surface area contributed by atoms with Crippen molar-refractivity contribution in [1.82, 2.24) is 9.88 Å². The Morgan fingerprint density at radius 3 is 2.79 bits per heavy atom. The molecule has 2 unspecified atom stereocenters. The minimum absolute atomic E-state index is 0.103. The third-order valence-corrected chi connectivity index (χ3v) is 5.56. The fourth-order valence-corrected chi connectivity index (χ4v) is 4.03. The molecular formula is C14H24N4S. The van der Waals surface area contributed by atoms with Crippen LogP contribution in [-0.2, 0) is 0 Å². The number of piperidine rings is 1. The summed E-state index contributed by atoms with van der Waals surface area (Å²) in [5.41, 5.74) is 5.91. The van der Waals surface area contributed by atoms with Crippen LogP contribution in [-0.4, -0.2) is 42.1 Å². The predicted octanol–water partition coefficient (Wildman–Crippen LogP) is 2.23. The Labute approximate surface area is 119 Å². The molecule has 0 aromatic carbocycles. The maximum atomic E-state index is 5.91. The highest BCUT2D eigenvalue weighted by atomic mass is 32.1. The zero-order valence-electron chi connectivity index (χ0n) is 11.7. The van der Waals surface area contributed by atoms with Crippen molar-refractivity contribution in [1.29, 1.82) is 0 Å². The molecule has 2 N–H and O–H groups in total. The van der Waals surface area contributed by atoms with Crippen LogP contribution in [0.15, 0.2) is 6.20 Å². The average Bonchev–Trinajstić information content (AvgIpc) is 3.09. The summed E-state index contributed by atoms with van der Waals surface area (Å²) in [4.78, 5) is 10.9. The number of hydrogen-bond acceptors (Lipinski definition) is 5. The second-order valence-electron chi connectivity index (χ2n) is 5.82. The minimum atomic E-state index is 0.103. The van der Waals surface area contributed by atoms with E-state index in [9.17, 15) is 0 Å². The Bertz CT molecular complexity index is 411. The lowest BCUT2D eigenvalue weighted by Crippen LogP contribution is -2.40. The first-order valence-corrected chi connectivity index (χ1v) is 8.26. The molecular weight excluding hydrogens is 256 g/mol. The molecule has 4 nitrogen and oxygen atoms in total. The van der Waals surface area contributed by atoms with Gasteiger partial charge in [0.25, 0.3) is 0 Å². The number of nitrogens with zero attached hydrogens (tertiary/aromatic N) is 3. The van der Waals surface area contributed by atoms with Gasteiger partial charge in [-0.1, -0.05) is 6.42 Å². The molecule has 0 bridgehead atoms. The largest absolute Gasteiger partial charge is 0.346 e. The maximum absolute atomic E-state index is 5.91. The fourth-order valence-electron chi connectivity index (χ4n) is 3.13. The molecule has 0 aliphatic carbocycles. The zero-order chi connectivity index (χ0) is 13.2. The molecule has 3 rings (SSSR count). The molecule has 0 spiro atoms. The molecule has 2 aliphatic rings. The first kappa shape index (κ1) is 13.3. The molecule has 1 aromatic rings. The van der Waals surface area contributed by atoms with Gasteiger partial charge < -0.3 is 10.6 Å². The van der Waals surface area contributed by atoms with Crippen molar-refractivity contribution in [2.75, 3.05) is 31.1 Å². The number of hydrogen-bond donors (Lipinski definition) is 1. The summed E-state index contributed by atoms with van der Waals surface area (Å²) in [6.07, 6.45) is 7.40. The van der Waals surface area contributed by atoms with Gasteiger partial charge in [0.2, 0.25) is 0 Å². The molecule has 5 heteroatoms. The number of anilines is 1. The average molecular weight is 280 g/mol. The first-order valence-electron chi connectivity index (χ1n) is 7.44. The van der Waals surface area contributed by atoms with Gasteiger partial charge in [-0.05, 0) is 39.3 Å². The van der Waals surface area contributed by atoms with Crippen LogP contribution in [0.4, 0.5) is 5.13 Å². The number of nitrogens with two attached hydrogens (primary N) is 1. The van der Waals surface area contributed by atoms with E-state index in [0.717, 1.165) is 24.3 Å². The number of aromatic nitrogens is 1. The summed E-state index contributed by atoms with van der Waals surface area (Å²) in [7, 11) is 0. The van der Waals surface area contributed by atoms with Crippen molar-refractivity contribution in [3.63, 3.8) is 0 Å². The Hall–Kier alpha value is -0.650. The van der Waals surface area contributed by atoms with E-state index in [1.807, 2.05) is 13.1 Å². The smallest absolute Gasteiger partial charge is 0.185 e. The molecule has 1 aromatic heterocycles. The van der Waals surface area contributed by atoms with Crippen molar-refractivity contribution in [2.45, 2.75) is 44.7 Å². The van der Waals surface area contributed by atoms with Crippen LogP contribution in [0.2, 0.25) is 0 Å². The van der Waals surface area contributed by atoms with Crippen LogP contribution in [0.25, 0.3) is 0 Å². The molecule has 2 atom stereocenters. The van der Waals surface area contributed by atoms with E-state index in [2.05, 4.69) is 14.8 Å². The molecule has 3 heterocycles. The SMILES string of the molecule is CC(N)c1cnc(N2CCC(N3CCCCC3)C2)s1. The minimum Gasteiger partial charge on any atom is -0.346 e. The van der Waals surface area contributed by atoms with Crippen LogP contribution in [0.3, 0.4) is 0 Å². The van der Waals surface area contributed by atoms with Crippen LogP contribution in [0.1, 0.15) is 43.5 Å². The standard InChI is InChI=1S/C14H24N4S/c1-11(15)13-9-16-14(19-13)18-8-5-12(10-18)17-6-3-2-4-7-17/h9,11-12H,2-8,10,15H2,1H3. The molecule has 2 saturated heterocycles. The summed E-state index contributed by atoms with van der Waals surface area (Å²) in [6, 6.07) is 0.842. The van der Waals surface area contributed by atoms with Crippen molar-refractivity contribution in [3.8, 4) is 0 Å². The quantitative estimate of drug-likeness (QED) is 0.922. The second kappa shape index (κ2) is 5.77. The highest BCUT2D eigenvalue weighted by Crippen LogP contribution is 2.30. The van der Waals surface area contributed by atoms with Crippen LogP contribution >= 0.6 is 11.3 Å². The Kier molecular flexibility index (Phi) is 4.05. The van der Waals surface area contributed by atoms with Crippen LogP contribution in [0.5, 0.6) is 0 Å². The normalized spacial score (nSPS) is 26.8. The molecule has 0 radical (unpaired) electrons. The predicted molar refractivity (Wildman–Crippen MR) is 80.8 cm³/mol. The van der Waals surface area contributed by atoms with E-state index in [1.54, 1.807) is 11.3 Å². The third-order valence-electron chi connectivity index (χ3n) is 4.30. The summed E-state index contributed by atoms with van der Waals surface area (Å²) in [5, 5.41) is 1.16. The van der Waals surface area contributed by atoms with Gasteiger partial charge in [-0.3, -0.25) is 4.90 Å². The lowest BCUT2D eigenvalue weighted by Gasteiger charge is -2.32. The van der Waals surface area contributed by atoms with Gasteiger partial charge in [-0.25, -0.2) is 4.98 Å². The number of thiazole rings is 1. The van der Waals surface area contributed by atoms with Crippen LogP contribution < -0.4 is 10.6 Å². The molecule has 2 fully saturated rings. The monoisotopic (exact) mass is 280 g/mol. The van der Waals surface area contributed by atoms with Gasteiger partial charge in [-0.2, -0.15) is 0 Å². The molecule has 0 saturated carbocycles. The summed E-state index contributed by atoms with van der Waals surface area (Å²) >= 11 is 1.76. The van der Waals surface area contributed by atoms with Crippen molar-refractivity contribution in [3.05, 3.63) is 11.1 Å². The lowest BCUT2D eigenvalue weighted by molar-refractivity contribution is 0.175. The second-order valence-corrected chi connectivity index (χ2v) is 6.86. The summed E-state index contributed by atoms with van der Waals surface area (Å²) < 4.78 is 0. The van der Waals surface area contributed by atoms with Gasteiger partial charge in [0.1, 0.15) is 0 Å². The van der Waals surface area contributed by atoms with E-state index >= 15 is 0 Å². The van der Waals surface area contributed by atoms with E-state index in [1.165, 1.54) is 43.6 Å².